The highest BCUT2D eigenvalue weighted by Crippen LogP contribution is 2.38. The van der Waals surface area contributed by atoms with E-state index in [0.29, 0.717) is 33.7 Å². The molecule has 0 heterocycles. The zero-order chi connectivity index (χ0) is 26.3. The minimum absolute atomic E-state index is 0.0781. The summed E-state index contributed by atoms with van der Waals surface area (Å²) in [4.78, 5) is 4.71. The molecule has 0 aliphatic heterocycles. The van der Waals surface area contributed by atoms with E-state index in [0.717, 1.165) is 27.0 Å². The number of hydrogen-bond acceptors (Lipinski definition) is 3. The molecule has 0 aromatic heterocycles. The number of rotatable bonds is 4. The van der Waals surface area contributed by atoms with Gasteiger partial charge in [0.15, 0.2) is 5.75 Å². The maximum Gasteiger partial charge on any atom is 0.153 e. The van der Waals surface area contributed by atoms with Gasteiger partial charge in [0, 0.05) is 28.0 Å². The van der Waals surface area contributed by atoms with Gasteiger partial charge in [0.2, 0.25) is 0 Å². The summed E-state index contributed by atoms with van der Waals surface area (Å²) < 4.78 is 6.28. The molecule has 3 rings (SSSR count). The Bertz CT molecular complexity index is 1280. The van der Waals surface area contributed by atoms with Crippen LogP contribution >= 0.6 is 27.7 Å². The van der Waals surface area contributed by atoms with Crippen LogP contribution in [0.2, 0.25) is 0 Å². The van der Waals surface area contributed by atoms with Crippen LogP contribution in [0.1, 0.15) is 58.2 Å². The lowest BCUT2D eigenvalue weighted by atomic mass is 9.79. The minimum Gasteiger partial charge on any atom is -0.507 e. The third-order valence-electron chi connectivity index (χ3n) is 5.88. The van der Waals surface area contributed by atoms with Crippen molar-refractivity contribution in [1.82, 2.24) is 0 Å². The Kier molecular flexibility index (Phi) is 8.28. The van der Waals surface area contributed by atoms with Gasteiger partial charge >= 0.3 is 0 Å². The van der Waals surface area contributed by atoms with Crippen molar-refractivity contribution in [2.45, 2.75) is 52.4 Å². The number of hydrogen-bond donors (Lipinski definition) is 1. The van der Waals surface area contributed by atoms with Crippen molar-refractivity contribution in [3.63, 3.8) is 0 Å². The van der Waals surface area contributed by atoms with E-state index >= 15 is 0 Å². The van der Waals surface area contributed by atoms with Gasteiger partial charge in [-0.3, -0.25) is 4.99 Å². The second-order valence-corrected chi connectivity index (χ2v) is 12.4. The van der Waals surface area contributed by atoms with Crippen molar-refractivity contribution < 1.29 is 9.84 Å². The molecule has 0 saturated carbocycles. The summed E-state index contributed by atoms with van der Waals surface area (Å²) in [6.07, 6.45) is 1.69. The average Bonchev–Trinajstić information content (AvgIpc) is 2.77. The van der Waals surface area contributed by atoms with E-state index in [1.807, 2.05) is 30.3 Å². The standard InChI is InChI=1S/C27H32B2NO2P3/c1-26(2,3)15-11-14(21(31)16(12-15)27(4,5)6)13-30-17-9-7-8-10-18(17)32-22-24(34)19(28)23(33)20(29)25(22)35/h7-13,31H,33-35H2,1-6H3. The molecule has 0 aliphatic rings. The summed E-state index contributed by atoms with van der Waals surface area (Å²) in [6.45, 7) is 12.8. The summed E-state index contributed by atoms with van der Waals surface area (Å²) in [5, 5.41) is 13.3. The van der Waals surface area contributed by atoms with Crippen LogP contribution in [0.3, 0.4) is 0 Å². The fourth-order valence-electron chi connectivity index (χ4n) is 3.59. The lowest BCUT2D eigenvalue weighted by molar-refractivity contribution is 0.444. The quantitative estimate of drug-likeness (QED) is 0.327. The van der Waals surface area contributed by atoms with Gasteiger partial charge in [0.25, 0.3) is 0 Å². The number of para-hydroxylation sites is 2. The van der Waals surface area contributed by atoms with Gasteiger partial charge in [-0.15, -0.1) is 27.7 Å². The van der Waals surface area contributed by atoms with E-state index in [-0.39, 0.29) is 16.6 Å². The highest BCUT2D eigenvalue weighted by atomic mass is 31.0. The molecular weight excluding hydrogens is 485 g/mol. The first-order valence-electron chi connectivity index (χ1n) is 11.3. The van der Waals surface area contributed by atoms with Crippen LogP contribution in [-0.2, 0) is 10.8 Å². The van der Waals surface area contributed by atoms with Gasteiger partial charge < -0.3 is 9.84 Å². The van der Waals surface area contributed by atoms with Crippen LogP contribution in [0.15, 0.2) is 41.4 Å². The van der Waals surface area contributed by atoms with E-state index in [4.69, 9.17) is 25.4 Å². The zero-order valence-electron chi connectivity index (χ0n) is 21.2. The first-order valence-corrected chi connectivity index (χ1v) is 13.1. The first-order chi connectivity index (χ1) is 16.1. The Hall–Kier alpha value is -1.65. The van der Waals surface area contributed by atoms with Crippen molar-refractivity contribution in [2.75, 3.05) is 0 Å². The van der Waals surface area contributed by atoms with Gasteiger partial charge in [-0.2, -0.15) is 0 Å². The Morgan fingerprint density at radius 1 is 0.857 bits per heavy atom. The maximum atomic E-state index is 11.1. The van der Waals surface area contributed by atoms with Crippen molar-refractivity contribution in [1.29, 1.82) is 0 Å². The minimum atomic E-state index is -0.219. The molecule has 0 saturated heterocycles. The number of aromatic hydroxyl groups is 1. The Morgan fingerprint density at radius 3 is 1.97 bits per heavy atom. The topological polar surface area (TPSA) is 41.8 Å². The molecule has 35 heavy (non-hydrogen) atoms. The normalized spacial score (nSPS) is 12.4. The summed E-state index contributed by atoms with van der Waals surface area (Å²) >= 11 is 0. The monoisotopic (exact) mass is 517 g/mol. The van der Waals surface area contributed by atoms with Gasteiger partial charge in [-0.1, -0.05) is 70.7 Å². The maximum absolute atomic E-state index is 11.1. The highest BCUT2D eigenvalue weighted by Gasteiger charge is 2.24. The fourth-order valence-corrected chi connectivity index (χ4v) is 5.15. The molecule has 3 unspecified atom stereocenters. The van der Waals surface area contributed by atoms with E-state index in [1.54, 1.807) is 6.21 Å². The molecule has 0 aliphatic carbocycles. The molecule has 0 amide bonds. The smallest absolute Gasteiger partial charge is 0.153 e. The molecule has 4 radical (unpaired) electrons. The molecule has 0 spiro atoms. The Morgan fingerprint density at radius 2 is 1.43 bits per heavy atom. The summed E-state index contributed by atoms with van der Waals surface area (Å²) in [6, 6.07) is 11.6. The predicted molar refractivity (Wildman–Crippen MR) is 165 cm³/mol. The second kappa shape index (κ2) is 10.4. The third kappa shape index (κ3) is 6.02. The van der Waals surface area contributed by atoms with Crippen LogP contribution in [0.25, 0.3) is 0 Å². The van der Waals surface area contributed by atoms with E-state index in [1.165, 1.54) is 0 Å². The van der Waals surface area contributed by atoms with Gasteiger partial charge in [0.1, 0.15) is 32.9 Å². The molecule has 3 aromatic carbocycles. The van der Waals surface area contributed by atoms with E-state index in [2.05, 4.69) is 75.3 Å². The van der Waals surface area contributed by atoms with Gasteiger partial charge in [-0.05, 0) is 39.9 Å². The number of ether oxygens (including phenoxy) is 1. The Balaban J connectivity index is 2.09. The van der Waals surface area contributed by atoms with E-state index < -0.39 is 0 Å². The van der Waals surface area contributed by atoms with Crippen LogP contribution in [0, 0.1) is 0 Å². The molecule has 3 atom stereocenters. The zero-order valence-corrected chi connectivity index (χ0v) is 24.7. The number of aliphatic imine (C=N–C) groups is 1. The molecule has 8 heteroatoms. The molecule has 0 fully saturated rings. The summed E-state index contributed by atoms with van der Waals surface area (Å²) in [7, 11) is 20.3. The summed E-state index contributed by atoms with van der Waals surface area (Å²) in [5.74, 6) is 1.34. The molecular formula is C27H32B2NO2P3. The second-order valence-electron chi connectivity index (χ2n) is 10.7. The largest absolute Gasteiger partial charge is 0.507 e. The fraction of sp³-hybridized carbons (Fsp3) is 0.296. The Labute approximate surface area is 219 Å². The third-order valence-corrected chi connectivity index (χ3v) is 7.65. The summed E-state index contributed by atoms with van der Waals surface area (Å²) in [5.41, 5.74) is 4.09. The van der Waals surface area contributed by atoms with Crippen molar-refractivity contribution in [2.24, 2.45) is 4.99 Å². The van der Waals surface area contributed by atoms with Crippen molar-refractivity contribution in [3.05, 3.63) is 53.1 Å². The van der Waals surface area contributed by atoms with E-state index in [9.17, 15) is 5.11 Å². The lowest BCUT2D eigenvalue weighted by Crippen LogP contribution is -2.47. The van der Waals surface area contributed by atoms with Crippen molar-refractivity contribution in [3.8, 4) is 17.2 Å². The number of benzene rings is 3. The predicted octanol–water partition coefficient (Wildman–Crippen LogP) is 3.62. The number of phenols is 1. The lowest BCUT2D eigenvalue weighted by Gasteiger charge is -2.27. The molecule has 1 N–H and O–H groups in total. The van der Waals surface area contributed by atoms with Gasteiger partial charge in [-0.25, -0.2) is 0 Å². The molecule has 3 nitrogen and oxygen atoms in total. The van der Waals surface area contributed by atoms with Crippen molar-refractivity contribution >= 4 is 82.2 Å². The van der Waals surface area contributed by atoms with Gasteiger partial charge in [0.05, 0.1) is 0 Å². The number of phenolic OH excluding ortho intramolecular Hbond substituents is 1. The average molecular weight is 517 g/mol. The molecule has 3 aromatic rings. The van der Waals surface area contributed by atoms with Crippen LogP contribution < -0.4 is 31.6 Å². The number of nitrogens with zero attached hydrogens (tertiary/aromatic N) is 1. The van der Waals surface area contributed by atoms with Crippen LogP contribution in [-0.4, -0.2) is 27.0 Å². The highest BCUT2D eigenvalue weighted by molar-refractivity contribution is 7.35. The SMILES string of the molecule is [B]c1c(P)c([B])c(P)c(Oc2ccccc2N=Cc2cc(C(C)(C)C)cc(C(C)(C)C)c2O)c1P. The molecule has 0 bridgehead atoms. The van der Waals surface area contributed by atoms with Crippen LogP contribution in [0.5, 0.6) is 17.2 Å². The molecule has 178 valence electrons. The first kappa shape index (κ1) is 27.9. The van der Waals surface area contributed by atoms with Crippen LogP contribution in [0.4, 0.5) is 5.69 Å².